The standard InChI is InChI=1S/C22H36O5/c1-9-12(4)22(25)27-20(13(5)17(23)10-2)16(8)21-15(7)19(24)14(6)18(11-3)26-21/h12-13,15-16,20-21H,9-11H2,1-8H3/t12-,13?,15+,16?,20?,21+/m1/s1. The molecule has 0 saturated heterocycles. The van der Waals surface area contributed by atoms with E-state index in [0.29, 0.717) is 30.6 Å². The summed E-state index contributed by atoms with van der Waals surface area (Å²) in [5.74, 6) is -0.804. The SMILES string of the molecule is CCC(=O)C(C)C(OC(=O)[C@H](C)CC)C(C)[C@H]1OC(CC)=C(C)C(=O)[C@@H]1C. The van der Waals surface area contributed by atoms with Crippen molar-refractivity contribution < 1.29 is 23.9 Å². The Balaban J connectivity index is 3.18. The largest absolute Gasteiger partial charge is 0.493 e. The third-order valence-electron chi connectivity index (χ3n) is 5.95. The molecule has 6 atom stereocenters. The van der Waals surface area contributed by atoms with E-state index in [1.165, 1.54) is 0 Å². The van der Waals surface area contributed by atoms with E-state index >= 15 is 0 Å². The number of ketones is 2. The van der Waals surface area contributed by atoms with Gasteiger partial charge in [-0.3, -0.25) is 14.4 Å². The molecular formula is C22H36O5. The molecule has 0 amide bonds. The lowest BCUT2D eigenvalue weighted by atomic mass is 9.78. The van der Waals surface area contributed by atoms with E-state index in [1.54, 1.807) is 13.8 Å². The van der Waals surface area contributed by atoms with Crippen LogP contribution in [0.2, 0.25) is 0 Å². The van der Waals surface area contributed by atoms with Crippen LogP contribution < -0.4 is 0 Å². The molecule has 0 aromatic rings. The third-order valence-corrected chi connectivity index (χ3v) is 5.95. The predicted molar refractivity (Wildman–Crippen MR) is 105 cm³/mol. The van der Waals surface area contributed by atoms with Gasteiger partial charge in [0.15, 0.2) is 5.78 Å². The van der Waals surface area contributed by atoms with Gasteiger partial charge in [-0.2, -0.15) is 0 Å². The number of carbonyl (C=O) groups is 3. The highest BCUT2D eigenvalue weighted by atomic mass is 16.5. The summed E-state index contributed by atoms with van der Waals surface area (Å²) < 4.78 is 12.0. The number of rotatable bonds is 9. The minimum Gasteiger partial charge on any atom is -0.493 e. The zero-order valence-corrected chi connectivity index (χ0v) is 18.1. The van der Waals surface area contributed by atoms with Crippen LogP contribution in [0.4, 0.5) is 0 Å². The highest BCUT2D eigenvalue weighted by molar-refractivity contribution is 5.98. The molecular weight excluding hydrogens is 344 g/mol. The Hall–Kier alpha value is -1.65. The molecule has 0 radical (unpaired) electrons. The van der Waals surface area contributed by atoms with Crippen LogP contribution in [-0.4, -0.2) is 29.7 Å². The first-order valence-electron chi connectivity index (χ1n) is 10.2. The molecule has 0 N–H and O–H groups in total. The quantitative estimate of drug-likeness (QED) is 0.552. The lowest BCUT2D eigenvalue weighted by Gasteiger charge is -2.39. The summed E-state index contributed by atoms with van der Waals surface area (Å²) in [6.07, 6.45) is 0.652. The highest BCUT2D eigenvalue weighted by Gasteiger charge is 2.43. The second-order valence-corrected chi connectivity index (χ2v) is 7.82. The van der Waals surface area contributed by atoms with Crippen LogP contribution in [0.1, 0.15) is 74.7 Å². The summed E-state index contributed by atoms with van der Waals surface area (Å²) in [6, 6.07) is 0. The maximum absolute atomic E-state index is 12.7. The van der Waals surface area contributed by atoms with Crippen LogP contribution in [0.3, 0.4) is 0 Å². The lowest BCUT2D eigenvalue weighted by Crippen LogP contribution is -2.47. The molecule has 1 heterocycles. The zero-order valence-electron chi connectivity index (χ0n) is 18.1. The maximum Gasteiger partial charge on any atom is 0.308 e. The van der Waals surface area contributed by atoms with Crippen LogP contribution in [0.5, 0.6) is 0 Å². The molecule has 0 spiro atoms. The fraction of sp³-hybridized carbons (Fsp3) is 0.773. The molecule has 0 aromatic carbocycles. The molecule has 1 rings (SSSR count). The van der Waals surface area contributed by atoms with Crippen molar-refractivity contribution in [2.75, 3.05) is 0 Å². The van der Waals surface area contributed by atoms with Gasteiger partial charge in [0.25, 0.3) is 0 Å². The van der Waals surface area contributed by atoms with E-state index in [2.05, 4.69) is 0 Å². The molecule has 0 aromatic heterocycles. The molecule has 154 valence electrons. The van der Waals surface area contributed by atoms with Gasteiger partial charge in [0, 0.05) is 24.3 Å². The Morgan fingerprint density at radius 1 is 1.15 bits per heavy atom. The minimum atomic E-state index is -0.615. The van der Waals surface area contributed by atoms with Gasteiger partial charge in [0.1, 0.15) is 23.8 Å². The predicted octanol–water partition coefficient (Wildman–Crippen LogP) is 4.48. The first-order valence-corrected chi connectivity index (χ1v) is 10.2. The van der Waals surface area contributed by atoms with Crippen molar-refractivity contribution in [1.29, 1.82) is 0 Å². The van der Waals surface area contributed by atoms with Crippen molar-refractivity contribution in [2.45, 2.75) is 86.9 Å². The smallest absolute Gasteiger partial charge is 0.308 e. The number of Topliss-reactive ketones (excluding diaryl/α,β-unsaturated/α-hetero) is 2. The summed E-state index contributed by atoms with van der Waals surface area (Å²) in [5.41, 5.74) is 0.666. The minimum absolute atomic E-state index is 0.0426. The lowest BCUT2D eigenvalue weighted by molar-refractivity contribution is -0.166. The van der Waals surface area contributed by atoms with E-state index in [0.717, 1.165) is 0 Å². The van der Waals surface area contributed by atoms with Gasteiger partial charge in [-0.1, -0.05) is 48.5 Å². The fourth-order valence-corrected chi connectivity index (χ4v) is 3.67. The van der Waals surface area contributed by atoms with Crippen LogP contribution in [0, 0.1) is 23.7 Å². The highest BCUT2D eigenvalue weighted by Crippen LogP contribution is 2.35. The molecule has 0 bridgehead atoms. The van der Waals surface area contributed by atoms with Crippen LogP contribution in [0.15, 0.2) is 11.3 Å². The van der Waals surface area contributed by atoms with Crippen LogP contribution in [0.25, 0.3) is 0 Å². The summed E-state index contributed by atoms with van der Waals surface area (Å²) in [4.78, 5) is 37.5. The van der Waals surface area contributed by atoms with Gasteiger partial charge in [-0.15, -0.1) is 0 Å². The Labute approximate surface area is 163 Å². The van der Waals surface area contributed by atoms with Crippen molar-refractivity contribution in [3.63, 3.8) is 0 Å². The molecule has 0 saturated carbocycles. The number of ether oxygens (including phenoxy) is 2. The molecule has 1 aliphatic rings. The molecule has 27 heavy (non-hydrogen) atoms. The average Bonchev–Trinajstić information content (AvgIpc) is 2.67. The third kappa shape index (κ3) is 5.20. The molecule has 1 aliphatic heterocycles. The molecule has 5 nitrogen and oxygen atoms in total. The van der Waals surface area contributed by atoms with Crippen LogP contribution in [-0.2, 0) is 23.9 Å². The molecule has 3 unspecified atom stereocenters. The van der Waals surface area contributed by atoms with Crippen molar-refractivity contribution in [2.24, 2.45) is 23.7 Å². The molecule has 0 fully saturated rings. The zero-order chi connectivity index (χ0) is 20.9. The van der Waals surface area contributed by atoms with Gasteiger partial charge in [-0.25, -0.2) is 0 Å². The van der Waals surface area contributed by atoms with E-state index in [-0.39, 0.29) is 35.3 Å². The second kappa shape index (κ2) is 10.0. The molecule has 0 aliphatic carbocycles. The Morgan fingerprint density at radius 2 is 1.74 bits per heavy atom. The average molecular weight is 381 g/mol. The monoisotopic (exact) mass is 380 g/mol. The van der Waals surface area contributed by atoms with Gasteiger partial charge in [0.2, 0.25) is 0 Å². The Kier molecular flexibility index (Phi) is 8.70. The van der Waals surface area contributed by atoms with Crippen molar-refractivity contribution in [3.8, 4) is 0 Å². The van der Waals surface area contributed by atoms with Crippen molar-refractivity contribution >= 4 is 17.5 Å². The first kappa shape index (κ1) is 23.4. The van der Waals surface area contributed by atoms with E-state index in [9.17, 15) is 14.4 Å². The van der Waals surface area contributed by atoms with E-state index in [4.69, 9.17) is 9.47 Å². The Bertz CT molecular complexity index is 592. The normalized spacial score (nSPS) is 24.7. The maximum atomic E-state index is 12.7. The number of hydrogen-bond acceptors (Lipinski definition) is 5. The number of allylic oxidation sites excluding steroid dienone is 2. The number of esters is 1. The second-order valence-electron chi connectivity index (χ2n) is 7.82. The van der Waals surface area contributed by atoms with E-state index in [1.807, 2.05) is 41.5 Å². The van der Waals surface area contributed by atoms with E-state index < -0.39 is 18.1 Å². The summed E-state index contributed by atoms with van der Waals surface area (Å²) in [6.45, 7) is 14.9. The van der Waals surface area contributed by atoms with Gasteiger partial charge < -0.3 is 9.47 Å². The fourth-order valence-electron chi connectivity index (χ4n) is 3.67. The van der Waals surface area contributed by atoms with Gasteiger partial charge >= 0.3 is 5.97 Å². The Morgan fingerprint density at radius 3 is 2.22 bits per heavy atom. The van der Waals surface area contributed by atoms with Gasteiger partial charge in [-0.05, 0) is 13.3 Å². The number of hydrogen-bond donors (Lipinski definition) is 0. The van der Waals surface area contributed by atoms with Crippen molar-refractivity contribution in [3.05, 3.63) is 11.3 Å². The first-order chi connectivity index (χ1) is 12.6. The van der Waals surface area contributed by atoms with Gasteiger partial charge in [0.05, 0.1) is 17.8 Å². The summed E-state index contributed by atoms with van der Waals surface area (Å²) in [5, 5.41) is 0. The van der Waals surface area contributed by atoms with Crippen LogP contribution >= 0.6 is 0 Å². The summed E-state index contributed by atoms with van der Waals surface area (Å²) in [7, 11) is 0. The topological polar surface area (TPSA) is 69.7 Å². The van der Waals surface area contributed by atoms with Crippen molar-refractivity contribution in [1.82, 2.24) is 0 Å². The summed E-state index contributed by atoms with van der Waals surface area (Å²) >= 11 is 0. The number of carbonyl (C=O) groups excluding carboxylic acids is 3. The molecule has 5 heteroatoms.